The number of hydrogen-bond donors (Lipinski definition) is 1. The molecule has 13 heteroatoms. The summed E-state index contributed by atoms with van der Waals surface area (Å²) in [7, 11) is -4.54. The fourth-order valence-electron chi connectivity index (χ4n) is 2.87. The molecule has 0 aliphatic rings. The average Bonchev–Trinajstić information content (AvgIpc) is 2.79. The van der Waals surface area contributed by atoms with Crippen LogP contribution in [-0.4, -0.2) is 27.1 Å². The van der Waals surface area contributed by atoms with Crippen LogP contribution in [0.1, 0.15) is 11.1 Å². The highest BCUT2D eigenvalue weighted by Gasteiger charge is 2.34. The second-order valence-corrected chi connectivity index (χ2v) is 9.59. The maximum Gasteiger partial charge on any atom is 0.416 e. The molecule has 3 aromatic rings. The molecule has 0 fully saturated rings. The number of sulfonamides is 1. The summed E-state index contributed by atoms with van der Waals surface area (Å²) in [6.45, 7) is -0.986. The van der Waals surface area contributed by atoms with Crippen LogP contribution in [0.3, 0.4) is 0 Å². The van der Waals surface area contributed by atoms with E-state index in [1.54, 1.807) is 0 Å². The number of anilines is 1. The van der Waals surface area contributed by atoms with Gasteiger partial charge >= 0.3 is 6.18 Å². The smallest absolute Gasteiger partial charge is 0.271 e. The zero-order valence-corrected chi connectivity index (χ0v) is 19.8. The molecule has 1 N–H and O–H groups in total. The Morgan fingerprint density at radius 3 is 2.31 bits per heavy atom. The number of hydrazone groups is 1. The van der Waals surface area contributed by atoms with Gasteiger partial charge in [-0.25, -0.2) is 18.2 Å². The van der Waals surface area contributed by atoms with Crippen molar-refractivity contribution in [1.29, 1.82) is 0 Å². The third-order valence-electron chi connectivity index (χ3n) is 4.54. The van der Waals surface area contributed by atoms with Crippen LogP contribution in [0.25, 0.3) is 0 Å². The molecule has 0 saturated carbocycles. The first-order valence-corrected chi connectivity index (χ1v) is 11.8. The fraction of sp³-hybridized carbons (Fsp3) is 0.0909. The number of alkyl halides is 3. The van der Waals surface area contributed by atoms with Crippen LogP contribution in [0.15, 0.2) is 76.7 Å². The molecule has 0 spiro atoms. The molecule has 0 radical (unpaired) electrons. The van der Waals surface area contributed by atoms with Gasteiger partial charge in [-0.3, -0.25) is 9.10 Å². The van der Waals surface area contributed by atoms with Crippen molar-refractivity contribution in [1.82, 2.24) is 5.43 Å². The number of halogens is 6. The summed E-state index contributed by atoms with van der Waals surface area (Å²) in [5.41, 5.74) is 0.136. The molecule has 6 nitrogen and oxygen atoms in total. The lowest BCUT2D eigenvalue weighted by molar-refractivity contribution is -0.137. The fourth-order valence-corrected chi connectivity index (χ4v) is 4.80. The van der Waals surface area contributed by atoms with E-state index in [0.717, 1.165) is 18.3 Å². The standard InChI is InChI=1S/C22H15Cl2F4N3O3S/c23-17-7-4-8-19(25)16(17)12-29-30-21(32)13-31(35(33,34)15-5-2-1-3-6-15)20-11-14(22(26,27)28)9-10-18(20)24/h1-12H,13H2,(H,30,32). The van der Waals surface area contributed by atoms with E-state index in [4.69, 9.17) is 23.2 Å². The zero-order chi connectivity index (χ0) is 25.8. The van der Waals surface area contributed by atoms with Crippen LogP contribution in [0.4, 0.5) is 23.2 Å². The molecule has 0 aromatic heterocycles. The molecule has 3 aromatic carbocycles. The topological polar surface area (TPSA) is 78.8 Å². The van der Waals surface area contributed by atoms with Crippen LogP contribution < -0.4 is 9.73 Å². The van der Waals surface area contributed by atoms with E-state index in [-0.39, 0.29) is 20.5 Å². The number of carbonyl (C=O) groups excluding carboxylic acids is 1. The molecule has 35 heavy (non-hydrogen) atoms. The first kappa shape index (κ1) is 26.5. The van der Waals surface area contributed by atoms with Crippen molar-refractivity contribution in [2.45, 2.75) is 11.1 Å². The van der Waals surface area contributed by atoms with Crippen LogP contribution in [0.5, 0.6) is 0 Å². The van der Waals surface area contributed by atoms with Gasteiger partial charge in [0.25, 0.3) is 15.9 Å². The Balaban J connectivity index is 1.97. The van der Waals surface area contributed by atoms with Crippen molar-refractivity contribution in [2.24, 2.45) is 5.10 Å². The van der Waals surface area contributed by atoms with Gasteiger partial charge in [0.1, 0.15) is 12.4 Å². The van der Waals surface area contributed by atoms with Gasteiger partial charge in [0.15, 0.2) is 0 Å². The predicted octanol–water partition coefficient (Wildman–Crippen LogP) is 5.50. The van der Waals surface area contributed by atoms with Gasteiger partial charge in [-0.05, 0) is 42.5 Å². The Morgan fingerprint density at radius 1 is 1.00 bits per heavy atom. The molecule has 1 amide bonds. The maximum atomic E-state index is 13.8. The third kappa shape index (κ3) is 6.30. The monoisotopic (exact) mass is 547 g/mol. The first-order chi connectivity index (χ1) is 16.4. The van der Waals surface area contributed by atoms with Gasteiger partial charge in [-0.15, -0.1) is 0 Å². The largest absolute Gasteiger partial charge is 0.416 e. The summed E-state index contributed by atoms with van der Waals surface area (Å²) in [6, 6.07) is 12.7. The third-order valence-corrected chi connectivity index (χ3v) is 6.97. The van der Waals surface area contributed by atoms with Crippen molar-refractivity contribution in [3.8, 4) is 0 Å². The molecular formula is C22H15Cl2F4N3O3S. The lowest BCUT2D eigenvalue weighted by atomic mass is 10.2. The zero-order valence-electron chi connectivity index (χ0n) is 17.4. The highest BCUT2D eigenvalue weighted by molar-refractivity contribution is 7.92. The van der Waals surface area contributed by atoms with Crippen molar-refractivity contribution >= 4 is 51.0 Å². The summed E-state index contributed by atoms with van der Waals surface area (Å²) in [4.78, 5) is 12.2. The van der Waals surface area contributed by atoms with Gasteiger partial charge in [0.05, 0.1) is 32.4 Å². The van der Waals surface area contributed by atoms with E-state index in [0.29, 0.717) is 16.4 Å². The number of hydrogen-bond acceptors (Lipinski definition) is 4. The van der Waals surface area contributed by atoms with Crippen LogP contribution in [0.2, 0.25) is 10.0 Å². The van der Waals surface area contributed by atoms with Gasteiger partial charge < -0.3 is 0 Å². The van der Waals surface area contributed by atoms with Gasteiger partial charge in [0, 0.05) is 5.56 Å². The van der Waals surface area contributed by atoms with Crippen LogP contribution in [0, 0.1) is 5.82 Å². The number of nitrogens with one attached hydrogen (secondary N) is 1. The average molecular weight is 548 g/mol. The molecule has 0 bridgehead atoms. The molecule has 0 aliphatic heterocycles. The minimum atomic E-state index is -4.80. The Labute approximate surface area is 207 Å². The van der Waals surface area contributed by atoms with E-state index in [9.17, 15) is 30.8 Å². The molecule has 0 aliphatic carbocycles. The lowest BCUT2D eigenvalue weighted by Gasteiger charge is -2.25. The minimum absolute atomic E-state index is 0.00651. The highest BCUT2D eigenvalue weighted by atomic mass is 35.5. The van der Waals surface area contributed by atoms with E-state index in [2.05, 4.69) is 5.10 Å². The SMILES string of the molecule is O=C(CN(c1cc(C(F)(F)F)ccc1Cl)S(=O)(=O)c1ccccc1)NN=Cc1c(F)cccc1Cl. The number of rotatable bonds is 7. The predicted molar refractivity (Wildman–Crippen MR) is 125 cm³/mol. The molecular weight excluding hydrogens is 533 g/mol. The number of carbonyl (C=O) groups is 1. The van der Waals surface area contributed by atoms with Gasteiger partial charge in [0.2, 0.25) is 0 Å². The molecule has 0 atom stereocenters. The quantitative estimate of drug-likeness (QED) is 0.241. The summed E-state index contributed by atoms with van der Waals surface area (Å²) >= 11 is 11.9. The molecule has 3 rings (SSSR count). The van der Waals surface area contributed by atoms with Crippen molar-refractivity contribution in [2.75, 3.05) is 10.8 Å². The molecule has 0 heterocycles. The summed E-state index contributed by atoms with van der Waals surface area (Å²) in [5.74, 6) is -1.76. The Hall–Kier alpha value is -3.15. The summed E-state index contributed by atoms with van der Waals surface area (Å²) in [5, 5.41) is 3.23. The van der Waals surface area contributed by atoms with E-state index < -0.39 is 45.7 Å². The van der Waals surface area contributed by atoms with E-state index in [1.165, 1.54) is 42.5 Å². The summed E-state index contributed by atoms with van der Waals surface area (Å²) in [6.07, 6.45) is -3.89. The Kier molecular flexibility index (Phi) is 8.04. The second-order valence-electron chi connectivity index (χ2n) is 6.92. The normalized spacial score (nSPS) is 12.1. The second kappa shape index (κ2) is 10.6. The summed E-state index contributed by atoms with van der Waals surface area (Å²) < 4.78 is 80.7. The number of nitrogens with zero attached hydrogens (tertiary/aromatic N) is 2. The van der Waals surface area contributed by atoms with Crippen molar-refractivity contribution in [3.05, 3.63) is 93.7 Å². The highest BCUT2D eigenvalue weighted by Crippen LogP contribution is 2.37. The van der Waals surface area contributed by atoms with Crippen LogP contribution in [-0.2, 0) is 21.0 Å². The molecule has 0 unspecified atom stereocenters. The molecule has 184 valence electrons. The maximum absolute atomic E-state index is 13.8. The number of benzene rings is 3. The Morgan fingerprint density at radius 2 is 1.69 bits per heavy atom. The number of amides is 1. The lowest BCUT2D eigenvalue weighted by Crippen LogP contribution is -2.40. The van der Waals surface area contributed by atoms with Gasteiger partial charge in [-0.1, -0.05) is 47.5 Å². The van der Waals surface area contributed by atoms with Gasteiger partial charge in [-0.2, -0.15) is 18.3 Å². The Bertz CT molecular complexity index is 1350. The van der Waals surface area contributed by atoms with E-state index >= 15 is 0 Å². The van der Waals surface area contributed by atoms with E-state index in [1.807, 2.05) is 5.43 Å². The first-order valence-electron chi connectivity index (χ1n) is 9.61. The molecule has 0 saturated heterocycles. The van der Waals surface area contributed by atoms with Crippen molar-refractivity contribution < 1.29 is 30.8 Å². The van der Waals surface area contributed by atoms with Crippen molar-refractivity contribution in [3.63, 3.8) is 0 Å². The minimum Gasteiger partial charge on any atom is -0.271 e. The van der Waals surface area contributed by atoms with Crippen LogP contribution >= 0.6 is 23.2 Å².